The molecule has 0 fully saturated rings. The summed E-state index contributed by atoms with van der Waals surface area (Å²) < 4.78 is 18.1. The summed E-state index contributed by atoms with van der Waals surface area (Å²) >= 11 is 0. The lowest BCUT2D eigenvalue weighted by Crippen LogP contribution is -1.96. The first kappa shape index (κ1) is 12.7. The molecule has 0 unspecified atom stereocenters. The first-order valence-electron chi connectivity index (χ1n) is 5.31. The molecular formula is C12H10FN3O3. The third kappa shape index (κ3) is 2.95. The summed E-state index contributed by atoms with van der Waals surface area (Å²) in [7, 11) is 1.37. The predicted molar refractivity (Wildman–Crippen MR) is 67.1 cm³/mol. The van der Waals surface area contributed by atoms with Gasteiger partial charge < -0.3 is 10.1 Å². The number of rotatable bonds is 4. The summed E-state index contributed by atoms with van der Waals surface area (Å²) in [6.45, 7) is 0. The van der Waals surface area contributed by atoms with E-state index in [1.54, 1.807) is 0 Å². The second kappa shape index (κ2) is 5.30. The van der Waals surface area contributed by atoms with Gasteiger partial charge in [0.1, 0.15) is 12.0 Å². The lowest BCUT2D eigenvalue weighted by molar-refractivity contribution is -0.385. The van der Waals surface area contributed by atoms with Gasteiger partial charge in [0.15, 0.2) is 11.6 Å². The van der Waals surface area contributed by atoms with Crippen molar-refractivity contribution in [1.82, 2.24) is 4.98 Å². The second-order valence-electron chi connectivity index (χ2n) is 3.63. The van der Waals surface area contributed by atoms with E-state index >= 15 is 0 Å². The van der Waals surface area contributed by atoms with Crippen LogP contribution in [0.2, 0.25) is 0 Å². The lowest BCUT2D eigenvalue weighted by atomic mass is 10.3. The third-order valence-corrected chi connectivity index (χ3v) is 2.38. The Morgan fingerprint density at radius 2 is 2.16 bits per heavy atom. The van der Waals surface area contributed by atoms with Crippen LogP contribution < -0.4 is 10.1 Å². The summed E-state index contributed by atoms with van der Waals surface area (Å²) in [6, 6.07) is 7.04. The molecule has 6 nitrogen and oxygen atoms in total. The van der Waals surface area contributed by atoms with E-state index in [0.29, 0.717) is 11.5 Å². The van der Waals surface area contributed by atoms with E-state index in [1.807, 2.05) is 0 Å². The van der Waals surface area contributed by atoms with Gasteiger partial charge in [0.25, 0.3) is 5.69 Å². The van der Waals surface area contributed by atoms with Crippen LogP contribution in [0.4, 0.5) is 21.6 Å². The van der Waals surface area contributed by atoms with Gasteiger partial charge in [0.05, 0.1) is 12.0 Å². The van der Waals surface area contributed by atoms with E-state index in [2.05, 4.69) is 10.3 Å². The first-order valence-corrected chi connectivity index (χ1v) is 5.31. The number of benzene rings is 1. The molecule has 1 aromatic heterocycles. The van der Waals surface area contributed by atoms with Crippen LogP contribution in [0.3, 0.4) is 0 Å². The van der Waals surface area contributed by atoms with Gasteiger partial charge in [-0.25, -0.2) is 9.37 Å². The molecule has 0 aliphatic rings. The van der Waals surface area contributed by atoms with E-state index in [-0.39, 0.29) is 11.4 Å². The fraction of sp³-hybridized carbons (Fsp3) is 0.0833. The van der Waals surface area contributed by atoms with Gasteiger partial charge in [-0.3, -0.25) is 10.1 Å². The van der Waals surface area contributed by atoms with E-state index in [1.165, 1.54) is 37.4 Å². The van der Waals surface area contributed by atoms with Gasteiger partial charge in [-0.2, -0.15) is 0 Å². The Balaban J connectivity index is 2.19. The zero-order valence-electron chi connectivity index (χ0n) is 9.96. The van der Waals surface area contributed by atoms with Crippen molar-refractivity contribution in [3.63, 3.8) is 0 Å². The second-order valence-corrected chi connectivity index (χ2v) is 3.63. The van der Waals surface area contributed by atoms with E-state index in [4.69, 9.17) is 4.74 Å². The van der Waals surface area contributed by atoms with Gasteiger partial charge in [-0.05, 0) is 18.2 Å². The minimum absolute atomic E-state index is 0.0952. The van der Waals surface area contributed by atoms with Gasteiger partial charge in [0.2, 0.25) is 0 Å². The molecule has 0 aliphatic carbocycles. The molecule has 0 saturated heterocycles. The molecule has 0 atom stereocenters. The fourth-order valence-electron chi connectivity index (χ4n) is 1.45. The zero-order valence-corrected chi connectivity index (χ0v) is 9.96. The Bertz CT molecular complexity index is 602. The number of nitrogens with one attached hydrogen (secondary N) is 1. The molecule has 0 amide bonds. The van der Waals surface area contributed by atoms with Crippen LogP contribution in [-0.2, 0) is 0 Å². The Hall–Kier alpha value is -2.70. The molecule has 0 spiro atoms. The molecule has 1 aromatic carbocycles. The summed E-state index contributed by atoms with van der Waals surface area (Å²) in [5.74, 6) is 0.0517. The van der Waals surface area contributed by atoms with Crippen LogP contribution in [0.5, 0.6) is 5.75 Å². The number of nitro groups is 1. The smallest absolute Gasteiger partial charge is 0.287 e. The Morgan fingerprint density at radius 1 is 1.37 bits per heavy atom. The van der Waals surface area contributed by atoms with Crippen molar-refractivity contribution in [3.05, 3.63) is 52.5 Å². The molecule has 0 aliphatic heterocycles. The highest BCUT2D eigenvalue weighted by molar-refractivity contribution is 5.59. The number of anilines is 2. The average molecular weight is 263 g/mol. The minimum atomic E-state index is -0.530. The maximum absolute atomic E-state index is 13.2. The number of hydrogen-bond acceptors (Lipinski definition) is 5. The van der Waals surface area contributed by atoms with Crippen molar-refractivity contribution >= 4 is 17.2 Å². The molecule has 0 bridgehead atoms. The molecule has 19 heavy (non-hydrogen) atoms. The number of aromatic nitrogens is 1. The molecule has 1 heterocycles. The molecule has 2 rings (SSSR count). The molecule has 7 heteroatoms. The Morgan fingerprint density at radius 3 is 2.74 bits per heavy atom. The molecule has 2 aromatic rings. The van der Waals surface area contributed by atoms with Crippen molar-refractivity contribution in [2.45, 2.75) is 0 Å². The highest BCUT2D eigenvalue weighted by Gasteiger charge is 2.07. The highest BCUT2D eigenvalue weighted by atomic mass is 19.1. The third-order valence-electron chi connectivity index (χ3n) is 2.38. The minimum Gasteiger partial charge on any atom is -0.494 e. The van der Waals surface area contributed by atoms with Crippen LogP contribution in [0.15, 0.2) is 36.5 Å². The van der Waals surface area contributed by atoms with Gasteiger partial charge >= 0.3 is 0 Å². The van der Waals surface area contributed by atoms with Crippen LogP contribution in [0.1, 0.15) is 0 Å². The number of nitrogens with zero attached hydrogens (tertiary/aromatic N) is 2. The van der Waals surface area contributed by atoms with Gasteiger partial charge in [0, 0.05) is 17.8 Å². The van der Waals surface area contributed by atoms with Gasteiger partial charge in [-0.1, -0.05) is 0 Å². The number of hydrogen-bond donors (Lipinski definition) is 1. The molecule has 98 valence electrons. The largest absolute Gasteiger partial charge is 0.494 e. The Kier molecular flexibility index (Phi) is 3.56. The Labute approximate surface area is 108 Å². The average Bonchev–Trinajstić information content (AvgIpc) is 2.41. The monoisotopic (exact) mass is 263 g/mol. The topological polar surface area (TPSA) is 77.3 Å². The van der Waals surface area contributed by atoms with Crippen molar-refractivity contribution in [3.8, 4) is 5.75 Å². The van der Waals surface area contributed by atoms with E-state index in [9.17, 15) is 14.5 Å². The van der Waals surface area contributed by atoms with Crippen molar-refractivity contribution < 1.29 is 14.1 Å². The number of ether oxygens (including phenoxy) is 1. The number of halogens is 1. The summed E-state index contributed by atoms with van der Waals surface area (Å²) in [4.78, 5) is 13.8. The summed E-state index contributed by atoms with van der Waals surface area (Å²) in [5.41, 5.74) is 0.474. The molecule has 0 saturated carbocycles. The van der Waals surface area contributed by atoms with E-state index < -0.39 is 10.7 Å². The number of methoxy groups -OCH3 is 1. The predicted octanol–water partition coefficient (Wildman–Crippen LogP) is 2.88. The lowest BCUT2D eigenvalue weighted by Gasteiger charge is -2.07. The van der Waals surface area contributed by atoms with Crippen LogP contribution >= 0.6 is 0 Å². The van der Waals surface area contributed by atoms with Crippen molar-refractivity contribution in [2.75, 3.05) is 12.4 Å². The van der Waals surface area contributed by atoms with Crippen LogP contribution in [-0.4, -0.2) is 17.0 Å². The van der Waals surface area contributed by atoms with Crippen LogP contribution in [0.25, 0.3) is 0 Å². The van der Waals surface area contributed by atoms with Crippen molar-refractivity contribution in [2.24, 2.45) is 0 Å². The summed E-state index contributed by atoms with van der Waals surface area (Å²) in [6.07, 6.45) is 1.14. The van der Waals surface area contributed by atoms with E-state index in [0.717, 1.165) is 6.20 Å². The van der Waals surface area contributed by atoms with Crippen LogP contribution in [0, 0.1) is 15.9 Å². The number of pyridine rings is 1. The fourth-order valence-corrected chi connectivity index (χ4v) is 1.45. The molecule has 0 radical (unpaired) electrons. The first-order chi connectivity index (χ1) is 9.10. The molecule has 1 N–H and O–H groups in total. The maximum atomic E-state index is 13.2. The quantitative estimate of drug-likeness (QED) is 0.677. The summed E-state index contributed by atoms with van der Waals surface area (Å²) in [5, 5.41) is 13.4. The highest BCUT2D eigenvalue weighted by Crippen LogP contribution is 2.24. The molecular weight excluding hydrogens is 253 g/mol. The standard InChI is InChI=1S/C12H10FN3O3/c1-19-11-6-8(2-4-10(11)13)15-12-5-3-9(7-14-12)16(17)18/h2-7H,1H3,(H,14,15). The van der Waals surface area contributed by atoms with Gasteiger partial charge in [-0.15, -0.1) is 0 Å². The normalized spacial score (nSPS) is 10.0. The zero-order chi connectivity index (χ0) is 13.8. The SMILES string of the molecule is COc1cc(Nc2ccc([N+](=O)[O-])cn2)ccc1F. The van der Waals surface area contributed by atoms with Crippen molar-refractivity contribution in [1.29, 1.82) is 0 Å². The maximum Gasteiger partial charge on any atom is 0.287 e.